The average molecular weight is 368 g/mol. The minimum atomic E-state index is -0.719. The summed E-state index contributed by atoms with van der Waals surface area (Å²) < 4.78 is 13.6. The van der Waals surface area contributed by atoms with Gasteiger partial charge in [0.2, 0.25) is 11.8 Å². The maximum absolute atomic E-state index is 13.6. The molecule has 0 bridgehead atoms. The van der Waals surface area contributed by atoms with Crippen LogP contribution in [0.4, 0.5) is 10.1 Å². The molecule has 7 heteroatoms. The van der Waals surface area contributed by atoms with Gasteiger partial charge in [-0.25, -0.2) is 14.4 Å². The van der Waals surface area contributed by atoms with Crippen LogP contribution in [0.5, 0.6) is 0 Å². The quantitative estimate of drug-likeness (QED) is 0.872. The van der Waals surface area contributed by atoms with Crippen LogP contribution in [0.2, 0.25) is 0 Å². The highest BCUT2D eigenvalue weighted by Crippen LogP contribution is 2.33. The summed E-state index contributed by atoms with van der Waals surface area (Å²) in [6.45, 7) is 2.16. The Hall–Kier alpha value is -2.83. The molecule has 27 heavy (non-hydrogen) atoms. The fourth-order valence-corrected chi connectivity index (χ4v) is 3.88. The van der Waals surface area contributed by atoms with Crippen LogP contribution in [0.3, 0.4) is 0 Å². The van der Waals surface area contributed by atoms with Gasteiger partial charge in [-0.15, -0.1) is 0 Å². The number of rotatable bonds is 3. The summed E-state index contributed by atoms with van der Waals surface area (Å²) in [5.74, 6) is -1.16. The molecule has 0 spiro atoms. The largest absolute Gasteiger partial charge is 0.348 e. The molecule has 2 amide bonds. The Kier molecular flexibility index (Phi) is 4.59. The normalized spacial score (nSPS) is 18.3. The average Bonchev–Trinajstić information content (AvgIpc) is 2.66. The van der Waals surface area contributed by atoms with E-state index in [1.807, 2.05) is 6.92 Å². The number of carbonyl (C=O) groups excluding carboxylic acids is 2. The number of benzene rings is 1. The molecule has 1 aliphatic heterocycles. The molecule has 2 heterocycles. The number of hydrogen-bond acceptors (Lipinski definition) is 4. The number of anilines is 1. The van der Waals surface area contributed by atoms with E-state index in [2.05, 4.69) is 20.6 Å². The molecule has 2 N–H and O–H groups in total. The molecule has 0 fully saturated rings. The van der Waals surface area contributed by atoms with E-state index in [1.165, 1.54) is 23.8 Å². The number of aromatic nitrogens is 2. The van der Waals surface area contributed by atoms with E-state index < -0.39 is 11.7 Å². The number of nitrogens with zero attached hydrogens (tertiary/aromatic N) is 2. The maximum atomic E-state index is 13.6. The minimum Gasteiger partial charge on any atom is -0.348 e. The fraction of sp³-hybridized carbons (Fsp3) is 0.400. The molecule has 4 rings (SSSR count). The molecular formula is C20H21FN4O2. The SMILES string of the molecule is Cc1nc(CNC(=O)C2CC(=O)Nc3ccc(F)cc32)nc2c1CCCC2. The second-order valence-corrected chi connectivity index (χ2v) is 7.11. The van der Waals surface area contributed by atoms with E-state index in [4.69, 9.17) is 0 Å². The van der Waals surface area contributed by atoms with Crippen LogP contribution in [-0.2, 0) is 29.0 Å². The third kappa shape index (κ3) is 3.54. The van der Waals surface area contributed by atoms with Crippen LogP contribution in [0, 0.1) is 12.7 Å². The predicted octanol–water partition coefficient (Wildman–Crippen LogP) is 2.55. The number of carbonyl (C=O) groups is 2. The van der Waals surface area contributed by atoms with Crippen molar-refractivity contribution in [1.29, 1.82) is 0 Å². The van der Waals surface area contributed by atoms with E-state index in [0.717, 1.165) is 37.1 Å². The summed E-state index contributed by atoms with van der Waals surface area (Å²) in [6.07, 6.45) is 4.22. The van der Waals surface area contributed by atoms with Crippen LogP contribution in [0.15, 0.2) is 18.2 Å². The van der Waals surface area contributed by atoms with Gasteiger partial charge in [-0.05, 0) is 61.9 Å². The first-order valence-electron chi connectivity index (χ1n) is 9.23. The molecule has 2 aliphatic rings. The van der Waals surface area contributed by atoms with E-state index in [0.29, 0.717) is 17.1 Å². The molecule has 1 aromatic carbocycles. The van der Waals surface area contributed by atoms with Gasteiger partial charge in [0.15, 0.2) is 0 Å². The number of hydrogen-bond donors (Lipinski definition) is 2. The summed E-state index contributed by atoms with van der Waals surface area (Å²) >= 11 is 0. The van der Waals surface area contributed by atoms with Crippen molar-refractivity contribution < 1.29 is 14.0 Å². The Balaban J connectivity index is 1.51. The zero-order chi connectivity index (χ0) is 19.0. The van der Waals surface area contributed by atoms with E-state index in [-0.39, 0.29) is 24.8 Å². The Morgan fingerprint density at radius 1 is 1.30 bits per heavy atom. The third-order valence-electron chi connectivity index (χ3n) is 5.23. The van der Waals surface area contributed by atoms with Gasteiger partial charge >= 0.3 is 0 Å². The van der Waals surface area contributed by atoms with E-state index in [1.54, 1.807) is 0 Å². The number of fused-ring (bicyclic) bond motifs is 2. The molecule has 6 nitrogen and oxygen atoms in total. The Bertz CT molecular complexity index is 928. The number of nitrogens with one attached hydrogen (secondary N) is 2. The van der Waals surface area contributed by atoms with Crippen LogP contribution >= 0.6 is 0 Å². The predicted molar refractivity (Wildman–Crippen MR) is 97.6 cm³/mol. The third-order valence-corrected chi connectivity index (χ3v) is 5.23. The molecule has 140 valence electrons. The van der Waals surface area contributed by atoms with Crippen molar-refractivity contribution in [3.63, 3.8) is 0 Å². The molecule has 1 unspecified atom stereocenters. The number of aryl methyl sites for hydroxylation is 2. The first kappa shape index (κ1) is 17.6. The summed E-state index contributed by atoms with van der Waals surface area (Å²) in [5, 5.41) is 5.49. The van der Waals surface area contributed by atoms with Gasteiger partial charge in [0.25, 0.3) is 0 Å². The minimum absolute atomic E-state index is 0.00758. The molecule has 0 saturated heterocycles. The zero-order valence-corrected chi connectivity index (χ0v) is 15.1. The fourth-order valence-electron chi connectivity index (χ4n) is 3.88. The van der Waals surface area contributed by atoms with Crippen LogP contribution in [-0.4, -0.2) is 21.8 Å². The number of amides is 2. The highest BCUT2D eigenvalue weighted by Gasteiger charge is 2.31. The summed E-state index contributed by atoms with van der Waals surface area (Å²) in [4.78, 5) is 33.7. The Morgan fingerprint density at radius 2 is 2.11 bits per heavy atom. The van der Waals surface area contributed by atoms with Crippen molar-refractivity contribution in [3.8, 4) is 0 Å². The van der Waals surface area contributed by atoms with Gasteiger partial charge in [0, 0.05) is 23.5 Å². The van der Waals surface area contributed by atoms with Crippen LogP contribution < -0.4 is 10.6 Å². The molecule has 2 aromatic rings. The summed E-state index contributed by atoms with van der Waals surface area (Å²) in [5.41, 5.74) is 4.24. The molecule has 0 radical (unpaired) electrons. The van der Waals surface area contributed by atoms with E-state index in [9.17, 15) is 14.0 Å². The van der Waals surface area contributed by atoms with Crippen molar-refractivity contribution in [2.24, 2.45) is 0 Å². The van der Waals surface area contributed by atoms with Gasteiger partial charge in [-0.1, -0.05) is 0 Å². The maximum Gasteiger partial charge on any atom is 0.228 e. The first-order valence-corrected chi connectivity index (χ1v) is 9.23. The molecule has 0 saturated carbocycles. The molecule has 1 aliphatic carbocycles. The summed E-state index contributed by atoms with van der Waals surface area (Å²) in [6, 6.07) is 4.06. The lowest BCUT2D eigenvalue weighted by atomic mass is 9.89. The van der Waals surface area contributed by atoms with Gasteiger partial charge in [0.05, 0.1) is 12.5 Å². The van der Waals surface area contributed by atoms with Crippen LogP contribution in [0.1, 0.15) is 53.5 Å². The topological polar surface area (TPSA) is 84.0 Å². The van der Waals surface area contributed by atoms with Crippen molar-refractivity contribution in [2.75, 3.05) is 5.32 Å². The summed E-state index contributed by atoms with van der Waals surface area (Å²) in [7, 11) is 0. The van der Waals surface area contributed by atoms with Crippen molar-refractivity contribution in [1.82, 2.24) is 15.3 Å². The van der Waals surface area contributed by atoms with Gasteiger partial charge in [0.1, 0.15) is 11.6 Å². The Labute approximate surface area is 156 Å². The lowest BCUT2D eigenvalue weighted by Crippen LogP contribution is -2.35. The van der Waals surface area contributed by atoms with Gasteiger partial charge in [-0.2, -0.15) is 0 Å². The van der Waals surface area contributed by atoms with Gasteiger partial charge in [-0.3, -0.25) is 9.59 Å². The zero-order valence-electron chi connectivity index (χ0n) is 15.1. The number of halogens is 1. The monoisotopic (exact) mass is 368 g/mol. The lowest BCUT2D eigenvalue weighted by molar-refractivity contribution is -0.126. The first-order chi connectivity index (χ1) is 13.0. The smallest absolute Gasteiger partial charge is 0.228 e. The van der Waals surface area contributed by atoms with Crippen LogP contribution in [0.25, 0.3) is 0 Å². The molecule has 1 atom stereocenters. The Morgan fingerprint density at radius 3 is 2.96 bits per heavy atom. The molecular weight excluding hydrogens is 347 g/mol. The highest BCUT2D eigenvalue weighted by molar-refractivity contribution is 6.01. The van der Waals surface area contributed by atoms with E-state index >= 15 is 0 Å². The lowest BCUT2D eigenvalue weighted by Gasteiger charge is -2.25. The highest BCUT2D eigenvalue weighted by atomic mass is 19.1. The standard InChI is InChI=1S/C20H21FN4O2/c1-11-13-4-2-3-5-16(13)24-18(23-11)10-22-20(27)15-9-19(26)25-17-7-6-12(21)8-14(15)17/h6-8,15H,2-5,9-10H2,1H3,(H,22,27)(H,25,26). The van der Waals surface area contributed by atoms with Crippen molar-refractivity contribution in [3.05, 3.63) is 52.4 Å². The second kappa shape index (κ2) is 7.06. The molecule has 1 aromatic heterocycles. The second-order valence-electron chi connectivity index (χ2n) is 7.11. The van der Waals surface area contributed by atoms with Crippen molar-refractivity contribution >= 4 is 17.5 Å². The van der Waals surface area contributed by atoms with Gasteiger partial charge < -0.3 is 10.6 Å². The van der Waals surface area contributed by atoms with Crippen molar-refractivity contribution in [2.45, 2.75) is 51.5 Å².